The Morgan fingerprint density at radius 1 is 1.34 bits per heavy atom. The summed E-state index contributed by atoms with van der Waals surface area (Å²) in [5.74, 6) is -2.95. The van der Waals surface area contributed by atoms with Crippen molar-refractivity contribution in [1.29, 1.82) is 0 Å². The molecule has 0 aromatic carbocycles. The number of aliphatic hydroxyl groups excluding tert-OH is 2. The van der Waals surface area contributed by atoms with Crippen LogP contribution in [0.3, 0.4) is 0 Å². The third-order valence-corrected chi connectivity index (χ3v) is 8.74. The van der Waals surface area contributed by atoms with E-state index in [0.717, 1.165) is 6.08 Å². The molecule has 8 atom stereocenters. The highest BCUT2D eigenvalue weighted by Crippen LogP contribution is 2.70. The Morgan fingerprint density at radius 3 is 2.62 bits per heavy atom. The molecule has 5 nitrogen and oxygen atoms in total. The second-order valence-corrected chi connectivity index (χ2v) is 9.87. The number of carbonyl (C=O) groups is 2. The third kappa shape index (κ3) is 2.30. The standard InChI is InChI=1S/C21H25ClF2O5/c1-18-8-16(27)21(24)11(10(18)3-4-20(18,29)17(28)9-25)5-14(23)12-6-15(26)13(22)7-19(12,21)2/h6-7,10-11,14,16,25,27,29H,3-5,8-9H2,1-2H3/t10-,11-,14?,16?,18-,19-,20-,21-/m0/s1. The SMILES string of the molecule is C[C@]12C=C(Cl)C(=O)C=C1C(F)C[C@H]1[C@@H]3CC[C@](O)(C(=O)CO)[C@@]3(C)CC(O)[C@@]12F. The molecular weight excluding hydrogens is 406 g/mol. The molecule has 0 bridgehead atoms. The zero-order valence-corrected chi connectivity index (χ0v) is 17.0. The first kappa shape index (κ1) is 21.1. The van der Waals surface area contributed by atoms with Gasteiger partial charge in [0, 0.05) is 16.7 Å². The number of hydrogen-bond acceptors (Lipinski definition) is 5. The van der Waals surface area contributed by atoms with Crippen LogP contribution in [-0.4, -0.2) is 57.0 Å². The lowest BCUT2D eigenvalue weighted by Gasteiger charge is -2.63. The summed E-state index contributed by atoms with van der Waals surface area (Å²) in [6, 6.07) is 0. The number of allylic oxidation sites excluding steroid dienone is 4. The Labute approximate surface area is 172 Å². The molecule has 3 saturated carbocycles. The van der Waals surface area contributed by atoms with Crippen molar-refractivity contribution in [2.24, 2.45) is 22.7 Å². The Kier molecular flexibility index (Phi) is 4.50. The average Bonchev–Trinajstić information content (AvgIpc) is 2.91. The summed E-state index contributed by atoms with van der Waals surface area (Å²) in [5.41, 5.74) is -7.09. The normalized spacial score (nSPS) is 51.5. The Bertz CT molecular complexity index is 858. The van der Waals surface area contributed by atoms with Crippen molar-refractivity contribution in [3.05, 3.63) is 22.8 Å². The van der Waals surface area contributed by atoms with Crippen LogP contribution in [0.4, 0.5) is 8.78 Å². The van der Waals surface area contributed by atoms with Gasteiger partial charge in [-0.25, -0.2) is 8.78 Å². The van der Waals surface area contributed by atoms with Crippen LogP contribution in [0.25, 0.3) is 0 Å². The van der Waals surface area contributed by atoms with Gasteiger partial charge in [-0.05, 0) is 56.3 Å². The Balaban J connectivity index is 1.86. The average molecular weight is 431 g/mol. The molecule has 160 valence electrons. The smallest absolute Gasteiger partial charge is 0.196 e. The number of halogens is 3. The summed E-state index contributed by atoms with van der Waals surface area (Å²) in [7, 11) is 0. The van der Waals surface area contributed by atoms with Crippen molar-refractivity contribution in [2.45, 2.75) is 63.1 Å². The number of alkyl halides is 2. The van der Waals surface area contributed by atoms with Crippen LogP contribution in [0, 0.1) is 22.7 Å². The molecule has 29 heavy (non-hydrogen) atoms. The number of fused-ring (bicyclic) bond motifs is 5. The van der Waals surface area contributed by atoms with E-state index < -0.39 is 64.4 Å². The van der Waals surface area contributed by atoms with Gasteiger partial charge in [0.05, 0.1) is 11.1 Å². The maximum atomic E-state index is 16.9. The molecule has 0 aliphatic heterocycles. The predicted molar refractivity (Wildman–Crippen MR) is 100 cm³/mol. The molecule has 4 aliphatic rings. The van der Waals surface area contributed by atoms with Crippen LogP contribution in [0.2, 0.25) is 0 Å². The highest BCUT2D eigenvalue weighted by atomic mass is 35.5. The summed E-state index contributed by atoms with van der Waals surface area (Å²) in [6.07, 6.45) is -1.22. The van der Waals surface area contributed by atoms with Crippen molar-refractivity contribution >= 4 is 23.2 Å². The van der Waals surface area contributed by atoms with Gasteiger partial charge in [-0.2, -0.15) is 0 Å². The summed E-state index contributed by atoms with van der Waals surface area (Å²) in [6.45, 7) is 2.19. The van der Waals surface area contributed by atoms with Gasteiger partial charge in [0.1, 0.15) is 18.4 Å². The first-order valence-electron chi connectivity index (χ1n) is 9.89. The number of carbonyl (C=O) groups excluding carboxylic acids is 2. The second kappa shape index (κ2) is 6.19. The third-order valence-electron chi connectivity index (χ3n) is 8.44. The number of ketones is 2. The summed E-state index contributed by atoms with van der Waals surface area (Å²) >= 11 is 5.99. The topological polar surface area (TPSA) is 94.8 Å². The van der Waals surface area contributed by atoms with E-state index in [9.17, 15) is 24.9 Å². The molecular formula is C21H25ClF2O5. The largest absolute Gasteiger partial charge is 0.390 e. The highest BCUT2D eigenvalue weighted by molar-refractivity contribution is 6.44. The zero-order valence-electron chi connectivity index (χ0n) is 16.3. The molecule has 0 heterocycles. The minimum absolute atomic E-state index is 0.0122. The van der Waals surface area contributed by atoms with Crippen molar-refractivity contribution < 1.29 is 33.7 Å². The van der Waals surface area contributed by atoms with Gasteiger partial charge >= 0.3 is 0 Å². The monoisotopic (exact) mass is 430 g/mol. The Morgan fingerprint density at radius 2 is 2.00 bits per heavy atom. The van der Waals surface area contributed by atoms with Crippen molar-refractivity contribution in [3.63, 3.8) is 0 Å². The van der Waals surface area contributed by atoms with E-state index >= 15 is 8.78 Å². The molecule has 3 fully saturated rings. The molecule has 3 N–H and O–H groups in total. The number of hydrogen-bond donors (Lipinski definition) is 3. The lowest BCUT2D eigenvalue weighted by Crippen LogP contribution is -2.70. The first-order chi connectivity index (χ1) is 13.4. The fraction of sp³-hybridized carbons (Fsp3) is 0.714. The second-order valence-electron chi connectivity index (χ2n) is 9.46. The van der Waals surface area contributed by atoms with Crippen LogP contribution in [0.1, 0.15) is 39.5 Å². The minimum atomic E-state index is -2.32. The van der Waals surface area contributed by atoms with E-state index in [4.69, 9.17) is 11.6 Å². The van der Waals surface area contributed by atoms with Crippen LogP contribution in [0.5, 0.6) is 0 Å². The maximum absolute atomic E-state index is 16.9. The molecule has 2 unspecified atom stereocenters. The van der Waals surface area contributed by atoms with Gasteiger partial charge in [0.15, 0.2) is 17.2 Å². The van der Waals surface area contributed by atoms with Gasteiger partial charge in [-0.3, -0.25) is 9.59 Å². The predicted octanol–water partition coefficient (Wildman–Crippen LogP) is 2.16. The minimum Gasteiger partial charge on any atom is -0.390 e. The number of aliphatic hydroxyl groups is 3. The fourth-order valence-corrected chi connectivity index (χ4v) is 7.12. The molecule has 0 aromatic rings. The summed E-state index contributed by atoms with van der Waals surface area (Å²) in [5, 5.41) is 31.3. The van der Waals surface area contributed by atoms with Gasteiger partial charge in [0.25, 0.3) is 0 Å². The highest BCUT2D eigenvalue weighted by Gasteiger charge is 2.75. The molecule has 4 aliphatic carbocycles. The lowest BCUT2D eigenvalue weighted by molar-refractivity contribution is -0.222. The quantitative estimate of drug-likeness (QED) is 0.624. The van der Waals surface area contributed by atoms with E-state index in [1.165, 1.54) is 13.0 Å². The van der Waals surface area contributed by atoms with Crippen LogP contribution in [0.15, 0.2) is 22.8 Å². The number of Topliss-reactive ketones (excluding diaryl/α,β-unsaturated/α-hetero) is 1. The summed E-state index contributed by atoms with van der Waals surface area (Å²) < 4.78 is 32.1. The van der Waals surface area contributed by atoms with Crippen molar-refractivity contribution in [1.82, 2.24) is 0 Å². The lowest BCUT2D eigenvalue weighted by atomic mass is 9.44. The van der Waals surface area contributed by atoms with Gasteiger partial charge < -0.3 is 15.3 Å². The van der Waals surface area contributed by atoms with Crippen molar-refractivity contribution in [2.75, 3.05) is 6.61 Å². The van der Waals surface area contributed by atoms with Crippen LogP contribution < -0.4 is 0 Å². The summed E-state index contributed by atoms with van der Waals surface area (Å²) in [4.78, 5) is 24.3. The van der Waals surface area contributed by atoms with Gasteiger partial charge in [-0.15, -0.1) is 0 Å². The van der Waals surface area contributed by atoms with Gasteiger partial charge in [-0.1, -0.05) is 18.5 Å². The van der Waals surface area contributed by atoms with E-state index in [1.54, 1.807) is 6.92 Å². The van der Waals surface area contributed by atoms with E-state index in [0.29, 0.717) is 0 Å². The molecule has 0 radical (unpaired) electrons. The molecule has 0 aromatic heterocycles. The molecule has 0 spiro atoms. The first-order valence-corrected chi connectivity index (χ1v) is 10.3. The van der Waals surface area contributed by atoms with Gasteiger partial charge in [0.2, 0.25) is 0 Å². The zero-order chi connectivity index (χ0) is 21.6. The van der Waals surface area contributed by atoms with E-state index in [-0.39, 0.29) is 36.3 Å². The maximum Gasteiger partial charge on any atom is 0.196 e. The fourth-order valence-electron chi connectivity index (χ4n) is 6.85. The number of rotatable bonds is 2. The Hall–Kier alpha value is -1.15. The van der Waals surface area contributed by atoms with E-state index in [1.807, 2.05) is 0 Å². The molecule has 0 amide bonds. The van der Waals surface area contributed by atoms with Crippen LogP contribution in [-0.2, 0) is 9.59 Å². The van der Waals surface area contributed by atoms with Crippen molar-refractivity contribution in [3.8, 4) is 0 Å². The van der Waals surface area contributed by atoms with Crippen LogP contribution >= 0.6 is 11.6 Å². The molecule has 8 heteroatoms. The molecule has 0 saturated heterocycles. The van der Waals surface area contributed by atoms with E-state index in [2.05, 4.69) is 0 Å². The molecule has 4 rings (SSSR count).